The molecule has 0 saturated heterocycles. The van der Waals surface area contributed by atoms with Crippen LogP contribution < -0.4 is 10.3 Å². The standard InChI is InChI=1S/C12H14ClN2O6PS/c1-2-5-14-23(20,21)11-6-8-3-4-12(16)15(22(17,18)19)10(8)7-9(11)13/h3-4,6-7,14H,2,5H2,1H3,(H2,17,18,19). The van der Waals surface area contributed by atoms with Gasteiger partial charge in [0.25, 0.3) is 5.56 Å². The van der Waals surface area contributed by atoms with E-state index in [0.717, 1.165) is 12.1 Å². The lowest BCUT2D eigenvalue weighted by Gasteiger charge is -2.13. The van der Waals surface area contributed by atoms with Crippen LogP contribution in [0.15, 0.2) is 34.0 Å². The van der Waals surface area contributed by atoms with Crippen molar-refractivity contribution in [2.45, 2.75) is 18.2 Å². The van der Waals surface area contributed by atoms with E-state index in [0.29, 0.717) is 6.42 Å². The lowest BCUT2D eigenvalue weighted by atomic mass is 10.2. The van der Waals surface area contributed by atoms with Crippen molar-refractivity contribution >= 4 is 40.3 Å². The van der Waals surface area contributed by atoms with Crippen LogP contribution in [0.25, 0.3) is 10.9 Å². The number of hydrogen-bond donors (Lipinski definition) is 3. The summed E-state index contributed by atoms with van der Waals surface area (Å²) in [4.78, 5) is 30.1. The molecule has 0 amide bonds. The van der Waals surface area contributed by atoms with Gasteiger partial charge in [0.1, 0.15) is 4.90 Å². The number of hydrogen-bond acceptors (Lipinski definition) is 4. The van der Waals surface area contributed by atoms with Gasteiger partial charge in [0, 0.05) is 18.0 Å². The van der Waals surface area contributed by atoms with Crippen LogP contribution in [0, 0.1) is 0 Å². The summed E-state index contributed by atoms with van der Waals surface area (Å²) in [6.07, 6.45) is 0.585. The number of benzene rings is 1. The highest BCUT2D eigenvalue weighted by atomic mass is 35.5. The van der Waals surface area contributed by atoms with E-state index in [1.54, 1.807) is 6.92 Å². The zero-order valence-corrected chi connectivity index (χ0v) is 14.4. The molecule has 8 nitrogen and oxygen atoms in total. The first-order valence-electron chi connectivity index (χ1n) is 6.49. The average Bonchev–Trinajstić information content (AvgIpc) is 2.42. The van der Waals surface area contributed by atoms with E-state index in [-0.39, 0.29) is 31.7 Å². The molecular weight excluding hydrogens is 367 g/mol. The Morgan fingerprint density at radius 3 is 2.52 bits per heavy atom. The fraction of sp³-hybridized carbons (Fsp3) is 0.250. The second kappa shape index (κ2) is 6.35. The number of rotatable bonds is 5. The molecule has 126 valence electrons. The summed E-state index contributed by atoms with van der Waals surface area (Å²) < 4.78 is 38.5. The summed E-state index contributed by atoms with van der Waals surface area (Å²) in [5.74, 6) is 0. The lowest BCUT2D eigenvalue weighted by Crippen LogP contribution is -2.25. The Morgan fingerprint density at radius 1 is 1.30 bits per heavy atom. The molecule has 0 bridgehead atoms. The van der Waals surface area contributed by atoms with Gasteiger partial charge >= 0.3 is 7.75 Å². The van der Waals surface area contributed by atoms with Crippen molar-refractivity contribution in [3.05, 3.63) is 39.6 Å². The van der Waals surface area contributed by atoms with Crippen LogP contribution in [0.2, 0.25) is 5.02 Å². The molecule has 0 spiro atoms. The van der Waals surface area contributed by atoms with Crippen LogP contribution in [-0.2, 0) is 14.6 Å². The number of fused-ring (bicyclic) bond motifs is 1. The molecule has 2 rings (SSSR count). The van der Waals surface area contributed by atoms with E-state index in [9.17, 15) is 27.6 Å². The zero-order valence-electron chi connectivity index (χ0n) is 11.9. The number of sulfonamides is 1. The number of nitrogens with one attached hydrogen (secondary N) is 1. The Morgan fingerprint density at radius 2 is 1.96 bits per heavy atom. The van der Waals surface area contributed by atoms with Crippen LogP contribution in [0.1, 0.15) is 13.3 Å². The molecule has 1 aromatic carbocycles. The van der Waals surface area contributed by atoms with Gasteiger partial charge in [-0.15, -0.1) is 0 Å². The highest BCUT2D eigenvalue weighted by Gasteiger charge is 2.24. The first-order valence-corrected chi connectivity index (χ1v) is 9.92. The Balaban J connectivity index is 2.77. The summed E-state index contributed by atoms with van der Waals surface area (Å²) in [7, 11) is -8.78. The van der Waals surface area contributed by atoms with Crippen LogP contribution in [0.3, 0.4) is 0 Å². The van der Waals surface area contributed by atoms with Crippen molar-refractivity contribution in [1.82, 2.24) is 9.06 Å². The smallest absolute Gasteiger partial charge is 0.308 e. The molecule has 3 N–H and O–H groups in total. The minimum Gasteiger partial charge on any atom is -0.308 e. The van der Waals surface area contributed by atoms with Crippen molar-refractivity contribution in [1.29, 1.82) is 0 Å². The van der Waals surface area contributed by atoms with E-state index in [4.69, 9.17) is 11.6 Å². The minimum atomic E-state index is -4.91. The molecular formula is C12H14ClN2O6PS. The maximum Gasteiger partial charge on any atom is 0.437 e. The summed E-state index contributed by atoms with van der Waals surface area (Å²) >= 11 is 5.95. The van der Waals surface area contributed by atoms with Crippen molar-refractivity contribution in [2.75, 3.05) is 6.54 Å². The van der Waals surface area contributed by atoms with Gasteiger partial charge < -0.3 is 9.79 Å². The van der Waals surface area contributed by atoms with E-state index in [2.05, 4.69) is 4.72 Å². The van der Waals surface area contributed by atoms with Gasteiger partial charge in [-0.1, -0.05) is 18.5 Å². The van der Waals surface area contributed by atoms with Gasteiger partial charge in [0.15, 0.2) is 0 Å². The van der Waals surface area contributed by atoms with Gasteiger partial charge in [-0.3, -0.25) is 4.79 Å². The fourth-order valence-corrected chi connectivity index (χ4v) is 4.48. The summed E-state index contributed by atoms with van der Waals surface area (Å²) in [6.45, 7) is 2.02. The second-order valence-corrected chi connectivity index (χ2v) is 8.31. The largest absolute Gasteiger partial charge is 0.437 e. The van der Waals surface area contributed by atoms with Crippen LogP contribution >= 0.6 is 19.3 Å². The lowest BCUT2D eigenvalue weighted by molar-refractivity contribution is 0.361. The molecule has 0 aliphatic rings. The van der Waals surface area contributed by atoms with Gasteiger partial charge in [-0.25, -0.2) is 22.0 Å². The number of halogens is 1. The molecule has 0 aliphatic heterocycles. The van der Waals surface area contributed by atoms with Gasteiger partial charge in [-0.05, 0) is 24.6 Å². The Kier molecular flexibility index (Phi) is 5.00. The third-order valence-electron chi connectivity index (χ3n) is 3.02. The normalized spacial score (nSPS) is 12.7. The third-order valence-corrected chi connectivity index (χ3v) is 5.88. The topological polar surface area (TPSA) is 126 Å². The van der Waals surface area contributed by atoms with E-state index < -0.39 is 23.3 Å². The van der Waals surface area contributed by atoms with Crippen LogP contribution in [-0.4, -0.2) is 29.1 Å². The van der Waals surface area contributed by atoms with Crippen LogP contribution in [0.5, 0.6) is 0 Å². The van der Waals surface area contributed by atoms with E-state index in [1.165, 1.54) is 12.1 Å². The quantitative estimate of drug-likeness (QED) is 0.671. The van der Waals surface area contributed by atoms with Crippen molar-refractivity contribution < 1.29 is 22.8 Å². The van der Waals surface area contributed by atoms with Gasteiger partial charge in [0.05, 0.1) is 10.5 Å². The Labute approximate surface area is 137 Å². The molecule has 1 aromatic heterocycles. The Bertz CT molecular complexity index is 965. The average molecular weight is 381 g/mol. The maximum atomic E-state index is 12.2. The number of pyridine rings is 1. The molecule has 0 atom stereocenters. The van der Waals surface area contributed by atoms with Crippen molar-refractivity contribution in [2.24, 2.45) is 0 Å². The number of aromatic nitrogens is 1. The molecule has 0 radical (unpaired) electrons. The molecule has 2 aromatic rings. The third kappa shape index (κ3) is 3.65. The van der Waals surface area contributed by atoms with E-state index >= 15 is 0 Å². The predicted octanol–water partition coefficient (Wildman–Crippen LogP) is 1.28. The first kappa shape index (κ1) is 18.1. The monoisotopic (exact) mass is 380 g/mol. The molecule has 1 heterocycles. The minimum absolute atomic E-state index is 0.148. The van der Waals surface area contributed by atoms with Gasteiger partial charge in [0.2, 0.25) is 10.0 Å². The SMILES string of the molecule is CCCNS(=O)(=O)c1cc2ccc(=O)n(P(=O)(O)O)c2cc1Cl. The highest BCUT2D eigenvalue weighted by Crippen LogP contribution is 2.39. The fourth-order valence-electron chi connectivity index (χ4n) is 2.01. The molecule has 0 fully saturated rings. The van der Waals surface area contributed by atoms with Crippen LogP contribution in [0.4, 0.5) is 0 Å². The summed E-state index contributed by atoms with van der Waals surface area (Å²) in [6, 6.07) is 4.45. The molecule has 0 unspecified atom stereocenters. The maximum absolute atomic E-state index is 12.2. The molecule has 0 aliphatic carbocycles. The van der Waals surface area contributed by atoms with E-state index in [1.807, 2.05) is 0 Å². The summed E-state index contributed by atoms with van der Waals surface area (Å²) in [5, 5.41) is -0.0805. The Hall–Kier alpha value is -1.22. The first-order chi connectivity index (χ1) is 10.6. The van der Waals surface area contributed by atoms with Gasteiger partial charge in [-0.2, -0.15) is 0 Å². The molecule has 23 heavy (non-hydrogen) atoms. The van der Waals surface area contributed by atoms with Crippen molar-refractivity contribution in [3.8, 4) is 0 Å². The molecule has 11 heteroatoms. The zero-order chi connectivity index (χ0) is 17.4. The van der Waals surface area contributed by atoms with Crippen molar-refractivity contribution in [3.63, 3.8) is 0 Å². The second-order valence-electron chi connectivity index (χ2n) is 4.74. The summed E-state index contributed by atoms with van der Waals surface area (Å²) in [5.41, 5.74) is -1.06. The number of nitrogens with zero attached hydrogens (tertiary/aromatic N) is 1. The predicted molar refractivity (Wildman–Crippen MR) is 86.1 cm³/mol. The highest BCUT2D eigenvalue weighted by molar-refractivity contribution is 7.89. The molecule has 0 saturated carbocycles.